The van der Waals surface area contributed by atoms with Crippen LogP contribution in [0.25, 0.3) is 28.2 Å². The van der Waals surface area contributed by atoms with Crippen LogP contribution in [0.15, 0.2) is 34.9 Å². The number of non-ortho nitro benzene ring substituents is 1. The van der Waals surface area contributed by atoms with Crippen LogP contribution in [-0.2, 0) is 0 Å². The average Bonchev–Trinajstić information content (AvgIpc) is 3.29. The van der Waals surface area contributed by atoms with Crippen molar-refractivity contribution in [3.8, 4) is 5.82 Å². The minimum absolute atomic E-state index is 0.0770. The summed E-state index contributed by atoms with van der Waals surface area (Å²) in [5, 5.41) is 15.8. The molecule has 3 aromatic heterocycles. The van der Waals surface area contributed by atoms with Crippen LogP contribution in [-0.4, -0.2) is 19.6 Å². The maximum atomic E-state index is 10.9. The van der Waals surface area contributed by atoms with E-state index in [1.54, 1.807) is 12.1 Å². The number of aryl methyl sites for hydroxylation is 2. The molecule has 0 N–H and O–H groups in total. The third-order valence-electron chi connectivity index (χ3n) is 4.32. The maximum absolute atomic E-state index is 10.9. The van der Waals surface area contributed by atoms with E-state index in [1.807, 2.05) is 43.6 Å². The Morgan fingerprint density at radius 2 is 2.00 bits per heavy atom. The Kier molecular flexibility index (Phi) is 4.12. The van der Waals surface area contributed by atoms with Crippen LogP contribution >= 0.6 is 11.3 Å². The highest BCUT2D eigenvalue weighted by Gasteiger charge is 2.13. The lowest BCUT2D eigenvalue weighted by atomic mass is 10.2. The van der Waals surface area contributed by atoms with Gasteiger partial charge in [0.25, 0.3) is 5.69 Å². The molecule has 0 amide bonds. The van der Waals surface area contributed by atoms with Crippen LogP contribution in [0.5, 0.6) is 0 Å². The van der Waals surface area contributed by atoms with Crippen LogP contribution in [0.4, 0.5) is 5.69 Å². The van der Waals surface area contributed by atoms with Crippen molar-refractivity contribution in [3.05, 3.63) is 68.2 Å². The summed E-state index contributed by atoms with van der Waals surface area (Å²) in [6.07, 6.45) is 3.93. The van der Waals surface area contributed by atoms with E-state index < -0.39 is 4.92 Å². The van der Waals surface area contributed by atoms with E-state index in [4.69, 9.17) is 4.52 Å². The summed E-state index contributed by atoms with van der Waals surface area (Å²) in [4.78, 5) is 15.0. The first-order valence-electron chi connectivity index (χ1n) is 8.28. The number of rotatable bonds is 4. The van der Waals surface area contributed by atoms with Crippen molar-refractivity contribution in [1.82, 2.24) is 14.7 Å². The molecule has 27 heavy (non-hydrogen) atoms. The first-order valence-corrected chi connectivity index (χ1v) is 9.10. The predicted molar refractivity (Wildman–Crippen MR) is 105 cm³/mol. The third kappa shape index (κ3) is 3.15. The Morgan fingerprint density at radius 3 is 2.70 bits per heavy atom. The van der Waals surface area contributed by atoms with E-state index >= 15 is 0 Å². The molecule has 4 rings (SSSR count). The summed E-state index contributed by atoms with van der Waals surface area (Å²) in [5.74, 6) is 1.52. The molecule has 0 unspecified atom stereocenters. The molecule has 0 radical (unpaired) electrons. The molecule has 0 aliphatic heterocycles. The van der Waals surface area contributed by atoms with Crippen LogP contribution in [0.3, 0.4) is 0 Å². The van der Waals surface area contributed by atoms with Crippen molar-refractivity contribution in [3.63, 3.8) is 0 Å². The van der Waals surface area contributed by atoms with Gasteiger partial charge in [-0.15, -0.1) is 11.3 Å². The van der Waals surface area contributed by atoms with Gasteiger partial charge < -0.3 is 4.52 Å². The average molecular weight is 380 g/mol. The zero-order valence-corrected chi connectivity index (χ0v) is 15.8. The van der Waals surface area contributed by atoms with Gasteiger partial charge in [0, 0.05) is 29.6 Å². The van der Waals surface area contributed by atoms with Gasteiger partial charge in [-0.1, -0.05) is 11.2 Å². The Hall–Kier alpha value is -3.26. The van der Waals surface area contributed by atoms with Crippen molar-refractivity contribution >= 4 is 39.4 Å². The zero-order valence-electron chi connectivity index (χ0n) is 15.0. The number of nitro groups is 1. The molecule has 8 heteroatoms. The second kappa shape index (κ2) is 6.48. The third-order valence-corrected chi connectivity index (χ3v) is 5.30. The van der Waals surface area contributed by atoms with Gasteiger partial charge in [0.1, 0.15) is 10.8 Å². The van der Waals surface area contributed by atoms with Crippen LogP contribution in [0.2, 0.25) is 0 Å². The molecule has 4 aromatic rings. The Labute approximate surface area is 158 Å². The van der Waals surface area contributed by atoms with Crippen LogP contribution in [0.1, 0.15) is 27.7 Å². The van der Waals surface area contributed by atoms with Gasteiger partial charge in [0.2, 0.25) is 0 Å². The van der Waals surface area contributed by atoms with Gasteiger partial charge >= 0.3 is 0 Å². The number of hydrogen-bond acceptors (Lipinski definition) is 6. The number of aromatic nitrogens is 3. The Bertz CT molecular complexity index is 1200. The van der Waals surface area contributed by atoms with Gasteiger partial charge in [-0.05, 0) is 44.5 Å². The maximum Gasteiger partial charge on any atom is 0.270 e. The minimum Gasteiger partial charge on any atom is -0.360 e. The first-order chi connectivity index (χ1) is 12.9. The van der Waals surface area contributed by atoms with Crippen molar-refractivity contribution in [2.24, 2.45) is 0 Å². The van der Waals surface area contributed by atoms with Gasteiger partial charge in [-0.3, -0.25) is 14.7 Å². The number of hydrogen-bond donors (Lipinski definition) is 0. The predicted octanol–water partition coefficient (Wildman–Crippen LogP) is 5.08. The van der Waals surface area contributed by atoms with E-state index in [1.165, 1.54) is 17.4 Å². The normalized spacial score (nSPS) is 11.7. The molecule has 0 bridgehead atoms. The number of benzene rings is 1. The molecular formula is C19H16N4O3S. The molecule has 0 aliphatic carbocycles. The molecular weight excluding hydrogens is 364 g/mol. The molecule has 0 saturated heterocycles. The number of nitro benzene ring substituents is 1. The summed E-state index contributed by atoms with van der Waals surface area (Å²) in [6, 6.07) is 8.69. The smallest absolute Gasteiger partial charge is 0.270 e. The van der Waals surface area contributed by atoms with Crippen molar-refractivity contribution in [1.29, 1.82) is 0 Å². The SMILES string of the molecule is Cc1cc(-n2c(C)cc(/C=C/c3nc4ccc([N+](=O)[O-])cc4s3)c2C)no1. The van der Waals surface area contributed by atoms with E-state index in [-0.39, 0.29) is 5.69 Å². The fourth-order valence-electron chi connectivity index (χ4n) is 3.04. The number of nitrogens with zero attached hydrogens (tertiary/aromatic N) is 4. The fourth-order valence-corrected chi connectivity index (χ4v) is 3.95. The molecule has 0 spiro atoms. The van der Waals surface area contributed by atoms with Gasteiger partial charge in [-0.2, -0.15) is 0 Å². The van der Waals surface area contributed by atoms with E-state index in [2.05, 4.69) is 16.2 Å². The van der Waals surface area contributed by atoms with Crippen LogP contribution in [0, 0.1) is 30.9 Å². The van der Waals surface area contributed by atoms with E-state index in [0.29, 0.717) is 0 Å². The number of fused-ring (bicyclic) bond motifs is 1. The van der Waals surface area contributed by atoms with Gasteiger partial charge in [0.05, 0.1) is 15.1 Å². The summed E-state index contributed by atoms with van der Waals surface area (Å²) in [6.45, 7) is 5.91. The standard InChI is InChI=1S/C19H16N4O3S/c1-11-8-14(13(3)22(11)18-9-12(2)26-21-18)4-7-19-20-16-6-5-15(23(24)25)10-17(16)27-19/h4-10H,1-3H3/b7-4+. The zero-order chi connectivity index (χ0) is 19.1. The fraction of sp³-hybridized carbons (Fsp3) is 0.158. The van der Waals surface area contributed by atoms with E-state index in [9.17, 15) is 10.1 Å². The minimum atomic E-state index is -0.394. The summed E-state index contributed by atoms with van der Waals surface area (Å²) in [7, 11) is 0. The lowest BCUT2D eigenvalue weighted by molar-refractivity contribution is -0.384. The molecule has 136 valence electrons. The topological polar surface area (TPSA) is 87.0 Å². The van der Waals surface area contributed by atoms with Crippen molar-refractivity contribution in [2.75, 3.05) is 0 Å². The lowest BCUT2D eigenvalue weighted by Gasteiger charge is -2.03. The van der Waals surface area contributed by atoms with Gasteiger partial charge in [-0.25, -0.2) is 4.98 Å². The largest absolute Gasteiger partial charge is 0.360 e. The van der Waals surface area contributed by atoms with E-state index in [0.717, 1.165) is 43.8 Å². The number of thiazole rings is 1. The Balaban J connectivity index is 1.67. The molecule has 0 aliphatic rings. The molecule has 3 heterocycles. The highest BCUT2D eigenvalue weighted by atomic mass is 32.1. The Morgan fingerprint density at radius 1 is 1.19 bits per heavy atom. The molecule has 1 aromatic carbocycles. The van der Waals surface area contributed by atoms with Crippen molar-refractivity contribution in [2.45, 2.75) is 20.8 Å². The van der Waals surface area contributed by atoms with Crippen LogP contribution < -0.4 is 0 Å². The second-order valence-electron chi connectivity index (χ2n) is 6.25. The molecule has 7 nitrogen and oxygen atoms in total. The quantitative estimate of drug-likeness (QED) is 0.364. The second-order valence-corrected chi connectivity index (χ2v) is 7.31. The lowest BCUT2D eigenvalue weighted by Crippen LogP contribution is -1.98. The summed E-state index contributed by atoms with van der Waals surface area (Å²) in [5.41, 5.74) is 3.99. The molecule has 0 fully saturated rings. The molecule has 0 saturated carbocycles. The summed E-state index contributed by atoms with van der Waals surface area (Å²) >= 11 is 1.43. The highest BCUT2D eigenvalue weighted by Crippen LogP contribution is 2.28. The molecule has 0 atom stereocenters. The monoisotopic (exact) mass is 380 g/mol. The van der Waals surface area contributed by atoms with Gasteiger partial charge in [0.15, 0.2) is 5.82 Å². The highest BCUT2D eigenvalue weighted by molar-refractivity contribution is 7.19. The van der Waals surface area contributed by atoms with Crippen molar-refractivity contribution < 1.29 is 9.45 Å². The first kappa shape index (κ1) is 17.2. The summed E-state index contributed by atoms with van der Waals surface area (Å²) < 4.78 is 8.02.